The Kier molecular flexibility index (Phi) is 5.70. The van der Waals surface area contributed by atoms with Crippen molar-refractivity contribution in [2.24, 2.45) is 11.8 Å². The molecule has 0 aliphatic heterocycles. The van der Waals surface area contributed by atoms with Gasteiger partial charge >= 0.3 is 5.97 Å². The first kappa shape index (κ1) is 16.2. The summed E-state index contributed by atoms with van der Waals surface area (Å²) in [6.45, 7) is 3.88. The van der Waals surface area contributed by atoms with Gasteiger partial charge < -0.3 is 15.3 Å². The second-order valence-electron chi connectivity index (χ2n) is 5.30. The van der Waals surface area contributed by atoms with E-state index in [2.05, 4.69) is 5.32 Å². The summed E-state index contributed by atoms with van der Waals surface area (Å²) in [7, 11) is 3.90. The van der Waals surface area contributed by atoms with E-state index in [1.54, 1.807) is 6.92 Å². The van der Waals surface area contributed by atoms with Crippen molar-refractivity contribution in [3.05, 3.63) is 29.8 Å². The molecular formula is C15H22N2O3. The Morgan fingerprint density at radius 1 is 1.20 bits per heavy atom. The first-order valence-electron chi connectivity index (χ1n) is 6.59. The van der Waals surface area contributed by atoms with Gasteiger partial charge in [-0.05, 0) is 25.7 Å². The summed E-state index contributed by atoms with van der Waals surface area (Å²) in [5.74, 6) is -2.53. The number of rotatable bonds is 6. The van der Waals surface area contributed by atoms with Gasteiger partial charge in [0.1, 0.15) is 0 Å². The van der Waals surface area contributed by atoms with Crippen LogP contribution in [0, 0.1) is 11.8 Å². The lowest BCUT2D eigenvalue weighted by atomic mass is 9.95. The van der Waals surface area contributed by atoms with Crippen molar-refractivity contribution in [3.63, 3.8) is 0 Å². The van der Waals surface area contributed by atoms with Crippen molar-refractivity contribution in [1.82, 2.24) is 4.90 Å². The van der Waals surface area contributed by atoms with Crippen molar-refractivity contribution in [2.75, 3.05) is 19.4 Å². The summed E-state index contributed by atoms with van der Waals surface area (Å²) in [6.07, 6.45) is 0. The van der Waals surface area contributed by atoms with Crippen LogP contribution in [-0.4, -0.2) is 36.0 Å². The fourth-order valence-corrected chi connectivity index (χ4v) is 1.81. The number of anilines is 1. The largest absolute Gasteiger partial charge is 0.481 e. The van der Waals surface area contributed by atoms with Gasteiger partial charge in [-0.3, -0.25) is 9.59 Å². The highest BCUT2D eigenvalue weighted by Crippen LogP contribution is 2.19. The van der Waals surface area contributed by atoms with E-state index in [1.165, 1.54) is 6.92 Å². The van der Waals surface area contributed by atoms with Crippen LogP contribution in [0.25, 0.3) is 0 Å². The molecule has 0 heterocycles. The van der Waals surface area contributed by atoms with Gasteiger partial charge in [0.2, 0.25) is 5.91 Å². The number of aliphatic carboxylic acids is 1. The van der Waals surface area contributed by atoms with Crippen LogP contribution in [0.15, 0.2) is 24.3 Å². The molecule has 2 unspecified atom stereocenters. The molecule has 1 amide bonds. The van der Waals surface area contributed by atoms with E-state index in [-0.39, 0.29) is 5.91 Å². The molecule has 2 atom stereocenters. The van der Waals surface area contributed by atoms with Gasteiger partial charge in [0.25, 0.3) is 0 Å². The van der Waals surface area contributed by atoms with Crippen LogP contribution in [0.1, 0.15) is 19.4 Å². The van der Waals surface area contributed by atoms with Gasteiger partial charge in [0.15, 0.2) is 0 Å². The first-order valence-corrected chi connectivity index (χ1v) is 6.59. The molecule has 1 aromatic rings. The van der Waals surface area contributed by atoms with E-state index >= 15 is 0 Å². The van der Waals surface area contributed by atoms with E-state index in [0.717, 1.165) is 11.3 Å². The maximum Gasteiger partial charge on any atom is 0.307 e. The molecule has 5 nitrogen and oxygen atoms in total. The molecule has 2 N–H and O–H groups in total. The number of amides is 1. The topological polar surface area (TPSA) is 69.6 Å². The lowest BCUT2D eigenvalue weighted by Crippen LogP contribution is -2.30. The first-order chi connectivity index (χ1) is 9.32. The van der Waals surface area contributed by atoms with Crippen LogP contribution in [0.2, 0.25) is 0 Å². The van der Waals surface area contributed by atoms with Crippen LogP contribution in [0.3, 0.4) is 0 Å². The molecule has 0 saturated heterocycles. The van der Waals surface area contributed by atoms with E-state index in [0.29, 0.717) is 6.54 Å². The molecule has 1 rings (SSSR count). The number of carboxylic acid groups (broad SMARTS) is 1. The molecule has 0 aliphatic carbocycles. The Balaban J connectivity index is 2.83. The quantitative estimate of drug-likeness (QED) is 0.835. The Morgan fingerprint density at radius 2 is 1.80 bits per heavy atom. The molecule has 0 aromatic heterocycles. The lowest BCUT2D eigenvalue weighted by Gasteiger charge is -2.18. The van der Waals surface area contributed by atoms with E-state index < -0.39 is 17.8 Å². The molecule has 110 valence electrons. The predicted molar refractivity (Wildman–Crippen MR) is 78.4 cm³/mol. The number of benzene rings is 1. The van der Waals surface area contributed by atoms with Crippen molar-refractivity contribution < 1.29 is 14.7 Å². The maximum atomic E-state index is 12.1. The highest BCUT2D eigenvalue weighted by molar-refractivity contribution is 5.95. The standard InChI is InChI=1S/C15H22N2O3/c1-10(11(2)15(19)20)14(18)16-13-8-6-5-7-12(13)9-17(3)4/h5-8,10-11H,9H2,1-4H3,(H,16,18)(H,19,20). The van der Waals surface area contributed by atoms with Crippen LogP contribution in [-0.2, 0) is 16.1 Å². The zero-order chi connectivity index (χ0) is 15.3. The van der Waals surface area contributed by atoms with Gasteiger partial charge in [0.05, 0.1) is 5.92 Å². The normalized spacial score (nSPS) is 13.8. The summed E-state index contributed by atoms with van der Waals surface area (Å²) in [6, 6.07) is 7.54. The molecule has 1 aromatic carbocycles. The van der Waals surface area contributed by atoms with Crippen molar-refractivity contribution >= 4 is 17.6 Å². The Bertz CT molecular complexity index is 486. The van der Waals surface area contributed by atoms with Crippen molar-refractivity contribution in [1.29, 1.82) is 0 Å². The third-order valence-corrected chi connectivity index (χ3v) is 3.31. The third-order valence-electron chi connectivity index (χ3n) is 3.31. The SMILES string of the molecule is CC(C(=O)O)C(C)C(=O)Nc1ccccc1CN(C)C. The second-order valence-corrected chi connectivity index (χ2v) is 5.30. The average Bonchev–Trinajstić information content (AvgIpc) is 2.38. The molecule has 0 spiro atoms. The maximum absolute atomic E-state index is 12.1. The minimum absolute atomic E-state index is 0.272. The highest BCUT2D eigenvalue weighted by Gasteiger charge is 2.26. The summed E-state index contributed by atoms with van der Waals surface area (Å²) < 4.78 is 0. The fourth-order valence-electron chi connectivity index (χ4n) is 1.81. The fraction of sp³-hybridized carbons (Fsp3) is 0.467. The Labute approximate surface area is 119 Å². The van der Waals surface area contributed by atoms with Crippen LogP contribution < -0.4 is 5.32 Å². The lowest BCUT2D eigenvalue weighted by molar-refractivity contribution is -0.145. The summed E-state index contributed by atoms with van der Waals surface area (Å²) >= 11 is 0. The molecule has 0 radical (unpaired) electrons. The van der Waals surface area contributed by atoms with Gasteiger partial charge in [-0.15, -0.1) is 0 Å². The molecule has 20 heavy (non-hydrogen) atoms. The van der Waals surface area contributed by atoms with Crippen LogP contribution in [0.5, 0.6) is 0 Å². The molecule has 0 fully saturated rings. The molecule has 0 aliphatic rings. The number of carbonyl (C=O) groups excluding carboxylic acids is 1. The number of para-hydroxylation sites is 1. The monoisotopic (exact) mass is 278 g/mol. The number of nitrogens with one attached hydrogen (secondary N) is 1. The molecule has 5 heteroatoms. The van der Waals surface area contributed by atoms with Crippen molar-refractivity contribution in [2.45, 2.75) is 20.4 Å². The zero-order valence-corrected chi connectivity index (χ0v) is 12.4. The smallest absolute Gasteiger partial charge is 0.307 e. The van der Waals surface area contributed by atoms with E-state index in [4.69, 9.17) is 5.11 Å². The molecule has 0 saturated carbocycles. The van der Waals surface area contributed by atoms with E-state index in [9.17, 15) is 9.59 Å². The number of hydrogen-bond donors (Lipinski definition) is 2. The van der Waals surface area contributed by atoms with Gasteiger partial charge in [-0.25, -0.2) is 0 Å². The van der Waals surface area contributed by atoms with Gasteiger partial charge in [0, 0.05) is 18.2 Å². The van der Waals surface area contributed by atoms with Crippen LogP contribution >= 0.6 is 0 Å². The second kappa shape index (κ2) is 7.05. The summed E-state index contributed by atoms with van der Waals surface area (Å²) in [5, 5.41) is 11.8. The molecule has 0 bridgehead atoms. The minimum atomic E-state index is -0.964. The summed E-state index contributed by atoms with van der Waals surface area (Å²) in [5.41, 5.74) is 1.73. The summed E-state index contributed by atoms with van der Waals surface area (Å²) in [4.78, 5) is 25.0. The number of carboxylic acids is 1. The minimum Gasteiger partial charge on any atom is -0.481 e. The predicted octanol–water partition coefficient (Wildman–Crippen LogP) is 2.04. The number of nitrogens with zero attached hydrogens (tertiary/aromatic N) is 1. The van der Waals surface area contributed by atoms with Gasteiger partial charge in [-0.1, -0.05) is 32.0 Å². The van der Waals surface area contributed by atoms with Gasteiger partial charge in [-0.2, -0.15) is 0 Å². The zero-order valence-electron chi connectivity index (χ0n) is 12.4. The number of carbonyl (C=O) groups is 2. The third kappa shape index (κ3) is 4.35. The number of hydrogen-bond acceptors (Lipinski definition) is 3. The van der Waals surface area contributed by atoms with Crippen LogP contribution in [0.4, 0.5) is 5.69 Å². The Morgan fingerprint density at radius 3 is 2.35 bits per heavy atom. The van der Waals surface area contributed by atoms with E-state index in [1.807, 2.05) is 43.3 Å². The van der Waals surface area contributed by atoms with Crippen molar-refractivity contribution in [3.8, 4) is 0 Å². The Hall–Kier alpha value is -1.88. The molecular weight excluding hydrogens is 256 g/mol. The highest BCUT2D eigenvalue weighted by atomic mass is 16.4. The average molecular weight is 278 g/mol.